The van der Waals surface area contributed by atoms with Crippen molar-refractivity contribution < 1.29 is 41.6 Å². The van der Waals surface area contributed by atoms with Crippen molar-refractivity contribution in [3.63, 3.8) is 0 Å². The van der Waals surface area contributed by atoms with Crippen molar-refractivity contribution in [2.24, 2.45) is 5.41 Å². The van der Waals surface area contributed by atoms with Gasteiger partial charge in [0.15, 0.2) is 15.4 Å². The zero-order valence-electron chi connectivity index (χ0n) is 40.1. The molecule has 0 unspecified atom stereocenters. The zero-order valence-corrected chi connectivity index (χ0v) is 44.1. The molecular formula is C47H48BBrF3N11O7S3. The van der Waals surface area contributed by atoms with Crippen molar-refractivity contribution in [2.45, 2.75) is 41.2 Å². The van der Waals surface area contributed by atoms with Crippen molar-refractivity contribution in [3.05, 3.63) is 111 Å². The number of methoxy groups -OCH3 is 1. The minimum atomic E-state index is -0.732. The Labute approximate surface area is 436 Å². The quantitative estimate of drug-likeness (QED) is 0.0669. The maximum atomic E-state index is 14.8. The molecule has 8 aromatic rings. The normalized spacial score (nSPS) is 12.8. The summed E-state index contributed by atoms with van der Waals surface area (Å²) in [4.78, 5) is 64.4. The highest BCUT2D eigenvalue weighted by molar-refractivity contribution is 9.10. The third-order valence-electron chi connectivity index (χ3n) is 10.3. The van der Waals surface area contributed by atoms with E-state index in [0.29, 0.717) is 106 Å². The number of benzene rings is 3. The Bertz CT molecular complexity index is 3310. The van der Waals surface area contributed by atoms with Gasteiger partial charge in [-0.05, 0) is 96.9 Å². The lowest BCUT2D eigenvalue weighted by Gasteiger charge is -2.33. The first-order valence-corrected chi connectivity index (χ1v) is 25.7. The van der Waals surface area contributed by atoms with E-state index >= 15 is 0 Å². The summed E-state index contributed by atoms with van der Waals surface area (Å²) in [5.41, 5.74) is 3.03. The molecule has 73 heavy (non-hydrogen) atoms. The molecule has 6 N–H and O–H groups in total. The van der Waals surface area contributed by atoms with Gasteiger partial charge in [-0.1, -0.05) is 47.9 Å². The van der Waals surface area contributed by atoms with Crippen LogP contribution < -0.4 is 47.7 Å². The van der Waals surface area contributed by atoms with Gasteiger partial charge < -0.3 is 34.6 Å². The van der Waals surface area contributed by atoms with Gasteiger partial charge in [0.05, 0.1) is 48.8 Å². The highest BCUT2D eigenvalue weighted by Gasteiger charge is 2.35. The first-order chi connectivity index (χ1) is 35.0. The lowest BCUT2D eigenvalue weighted by atomic mass is 9.75. The Morgan fingerprint density at radius 2 is 1.25 bits per heavy atom. The first-order valence-electron chi connectivity index (χ1n) is 22.5. The summed E-state index contributed by atoms with van der Waals surface area (Å²) in [6, 6.07) is 14.5. The lowest BCUT2D eigenvalue weighted by Crippen LogP contribution is -2.48. The summed E-state index contributed by atoms with van der Waals surface area (Å²) in [5, 5.41) is 16.9. The Morgan fingerprint density at radius 1 is 0.740 bits per heavy atom. The number of thiazole rings is 3. The Kier molecular flexibility index (Phi) is 18.0. The van der Waals surface area contributed by atoms with Crippen LogP contribution in [0.2, 0.25) is 0 Å². The number of carbonyl (C=O) groups excluding carboxylic acids is 3. The molecule has 382 valence electrons. The van der Waals surface area contributed by atoms with Crippen LogP contribution in [0.4, 0.5) is 42.9 Å². The number of nitrogens with zero attached hydrogens (tertiary/aromatic N) is 5. The zero-order chi connectivity index (χ0) is 52.4. The molecule has 9 rings (SSSR count). The SMILES string of the molecule is CCNC(=O)Nc1nc2cc(-c3ccn(Cc4ncccc4OC)c(=O)c3)c(F)cc2s1.CCNC(=O)Nc1nc2cc(B3OCC(C)(C)CO3)c(F)cc2s1.CCNC(=O)Nc1nc2cc(Br)c(F)cc2s1. The van der Waals surface area contributed by atoms with Crippen LogP contribution in [0.25, 0.3) is 41.8 Å². The van der Waals surface area contributed by atoms with Crippen molar-refractivity contribution in [1.29, 1.82) is 0 Å². The van der Waals surface area contributed by atoms with Crippen molar-refractivity contribution in [1.82, 2.24) is 40.5 Å². The summed E-state index contributed by atoms with van der Waals surface area (Å²) >= 11 is 6.71. The average molecular weight is 1120 g/mol. The van der Waals surface area contributed by atoms with Gasteiger partial charge >= 0.3 is 25.2 Å². The van der Waals surface area contributed by atoms with E-state index in [1.54, 1.807) is 62.8 Å². The number of urea groups is 3. The van der Waals surface area contributed by atoms with Crippen LogP contribution in [0.15, 0.2) is 82.3 Å². The predicted octanol–water partition coefficient (Wildman–Crippen LogP) is 9.54. The fraction of sp³-hybridized carbons (Fsp3) is 0.277. The second kappa shape index (κ2) is 24.3. The van der Waals surface area contributed by atoms with Crippen molar-refractivity contribution in [3.8, 4) is 16.9 Å². The van der Waals surface area contributed by atoms with Crippen LogP contribution >= 0.6 is 49.9 Å². The van der Waals surface area contributed by atoms with E-state index in [4.69, 9.17) is 14.0 Å². The number of rotatable bonds is 11. The number of aromatic nitrogens is 5. The molecule has 3 aromatic carbocycles. The smallest absolute Gasteiger partial charge is 0.495 e. The van der Waals surface area contributed by atoms with Crippen molar-refractivity contribution >= 4 is 127 Å². The molecule has 0 saturated carbocycles. The molecule has 1 aliphatic heterocycles. The summed E-state index contributed by atoms with van der Waals surface area (Å²) in [7, 11) is 0.810. The third kappa shape index (κ3) is 14.1. The predicted molar refractivity (Wildman–Crippen MR) is 285 cm³/mol. The number of carbonyl (C=O) groups is 3. The number of amides is 6. The van der Waals surface area contributed by atoms with E-state index in [9.17, 15) is 32.3 Å². The number of fused-ring (bicyclic) bond motifs is 3. The van der Waals surface area contributed by atoms with Gasteiger partial charge in [0.2, 0.25) is 0 Å². The van der Waals surface area contributed by atoms with Gasteiger partial charge in [-0.2, -0.15) is 0 Å². The number of anilines is 3. The van der Waals surface area contributed by atoms with Gasteiger partial charge in [0.25, 0.3) is 5.56 Å². The van der Waals surface area contributed by atoms with E-state index in [1.807, 2.05) is 27.7 Å². The summed E-state index contributed by atoms with van der Waals surface area (Å²) in [5.74, 6) is -0.638. The molecule has 5 aromatic heterocycles. The van der Waals surface area contributed by atoms with Gasteiger partial charge in [-0.3, -0.25) is 25.7 Å². The molecule has 1 saturated heterocycles. The maximum Gasteiger partial charge on any atom is 0.496 e. The minimum Gasteiger partial charge on any atom is -0.495 e. The molecule has 6 heterocycles. The Hall–Kier alpha value is -6.71. The lowest BCUT2D eigenvalue weighted by molar-refractivity contribution is 0.0340. The largest absolute Gasteiger partial charge is 0.496 e. The number of halogens is 4. The standard InChI is InChI=1S/C22H20FN5O3S.C15H19BFN3O3S.C10H9BrFN3OS/c1-3-24-21(30)27-22-26-16-10-14(15(23)11-19(16)32-22)13-6-8-28(20(29)9-13)12-17-18(31-2)5-4-7-25-17;1-4-18-13(21)20-14-19-11-5-9(10(17)6-12(11)24-14)16-22-7-15(2,3)8-23-16;1-2-13-9(16)15-10-14-7-3-5(11)6(12)4-8(7)17-10/h4-11H,3,12H2,1-2H3,(H2,24,26,27,30);5-6H,4,7-8H2,1-3H3,(H2,18,19,20,21);3-4H,2H2,1H3,(H2,13,14,15,16). The molecule has 0 aliphatic carbocycles. The van der Waals surface area contributed by atoms with Gasteiger partial charge in [-0.25, -0.2) is 42.5 Å². The minimum absolute atomic E-state index is 0.0819. The topological polar surface area (TPSA) is 225 Å². The second-order valence-electron chi connectivity index (χ2n) is 16.5. The summed E-state index contributed by atoms with van der Waals surface area (Å²) < 4.78 is 62.8. The number of nitrogens with one attached hydrogen (secondary N) is 6. The highest BCUT2D eigenvalue weighted by atomic mass is 79.9. The van der Waals surface area contributed by atoms with Crippen LogP contribution in [0, 0.1) is 22.9 Å². The molecule has 18 nitrogen and oxygen atoms in total. The molecule has 6 amide bonds. The third-order valence-corrected chi connectivity index (χ3v) is 13.7. The van der Waals surface area contributed by atoms with E-state index in [1.165, 1.54) is 62.8 Å². The molecule has 0 spiro atoms. The monoisotopic (exact) mass is 1120 g/mol. The molecule has 26 heteroatoms. The molecule has 0 atom stereocenters. The van der Waals surface area contributed by atoms with Crippen LogP contribution in [0.3, 0.4) is 0 Å². The number of ether oxygens (including phenoxy) is 1. The van der Waals surface area contributed by atoms with E-state index in [2.05, 4.69) is 67.8 Å². The molecule has 1 fully saturated rings. The van der Waals surface area contributed by atoms with E-state index < -0.39 is 18.8 Å². The van der Waals surface area contributed by atoms with Crippen LogP contribution in [-0.4, -0.2) is 89.7 Å². The summed E-state index contributed by atoms with van der Waals surface area (Å²) in [6.45, 7) is 12.3. The maximum absolute atomic E-state index is 14.8. The van der Waals surface area contributed by atoms with Gasteiger partial charge in [-0.15, -0.1) is 0 Å². The summed E-state index contributed by atoms with van der Waals surface area (Å²) in [6.07, 6.45) is 3.23. The number of hydrogen-bond acceptors (Lipinski definition) is 14. The van der Waals surface area contributed by atoms with Gasteiger partial charge in [0.1, 0.15) is 28.9 Å². The van der Waals surface area contributed by atoms with Crippen LogP contribution in [-0.2, 0) is 15.9 Å². The first kappa shape index (κ1) is 54.1. The second-order valence-corrected chi connectivity index (χ2v) is 20.5. The average Bonchev–Trinajstić information content (AvgIpc) is 4.04. The van der Waals surface area contributed by atoms with Crippen LogP contribution in [0.1, 0.15) is 40.3 Å². The molecular weight excluding hydrogens is 1070 g/mol. The number of hydrogen-bond donors (Lipinski definition) is 6. The number of pyridine rings is 2. The fourth-order valence-electron chi connectivity index (χ4n) is 6.87. The Balaban J connectivity index is 0.000000168. The fourth-order valence-corrected chi connectivity index (χ4v) is 9.81. The van der Waals surface area contributed by atoms with E-state index in [0.717, 1.165) is 0 Å². The molecule has 0 bridgehead atoms. The van der Waals surface area contributed by atoms with Crippen LogP contribution in [0.5, 0.6) is 5.75 Å². The van der Waals surface area contributed by atoms with E-state index in [-0.39, 0.29) is 47.0 Å². The van der Waals surface area contributed by atoms with Gasteiger partial charge in [0, 0.05) is 67.7 Å². The molecule has 0 radical (unpaired) electrons. The molecule has 1 aliphatic rings. The highest BCUT2D eigenvalue weighted by Crippen LogP contribution is 2.33. The van der Waals surface area contributed by atoms with Crippen molar-refractivity contribution in [2.75, 3.05) is 55.9 Å². The Morgan fingerprint density at radius 3 is 1.77 bits per heavy atom.